The molecule has 0 aromatic heterocycles. The Kier molecular flexibility index (Phi) is 4.61. The maximum absolute atomic E-state index is 13.2. The van der Waals surface area contributed by atoms with Crippen molar-refractivity contribution in [1.29, 1.82) is 0 Å². The average Bonchev–Trinajstić information content (AvgIpc) is 2.20. The van der Waals surface area contributed by atoms with Crippen LogP contribution in [0, 0.1) is 5.82 Å². The lowest BCUT2D eigenvalue weighted by molar-refractivity contribution is -0.0525. The van der Waals surface area contributed by atoms with Gasteiger partial charge in [0.05, 0.1) is 5.56 Å². The number of ketones is 1. The Labute approximate surface area is 95.0 Å². The van der Waals surface area contributed by atoms with E-state index in [1.54, 1.807) is 0 Å². The molecule has 6 heteroatoms. The molecular weight excluding hydrogens is 245 g/mol. The standard InChI is InChI=1S/C10H8ClF3O2/c11-5-4-8(15)6-2-1-3-7(12)9(6)16-10(13)14/h1-3,10H,4-5H2. The minimum atomic E-state index is -3.18. The zero-order chi connectivity index (χ0) is 12.1. The van der Waals surface area contributed by atoms with Gasteiger partial charge in [-0.15, -0.1) is 11.6 Å². The Hall–Kier alpha value is -1.23. The molecule has 0 N–H and O–H groups in total. The van der Waals surface area contributed by atoms with E-state index in [2.05, 4.69) is 4.74 Å². The molecule has 88 valence electrons. The van der Waals surface area contributed by atoms with Gasteiger partial charge in [0.15, 0.2) is 17.3 Å². The molecule has 1 rings (SSSR count). The van der Waals surface area contributed by atoms with E-state index in [-0.39, 0.29) is 17.9 Å². The summed E-state index contributed by atoms with van der Waals surface area (Å²) in [6.45, 7) is -3.18. The van der Waals surface area contributed by atoms with Gasteiger partial charge < -0.3 is 4.74 Å². The van der Waals surface area contributed by atoms with Gasteiger partial charge >= 0.3 is 6.61 Å². The predicted molar refractivity (Wildman–Crippen MR) is 52.7 cm³/mol. The molecule has 0 spiro atoms. The van der Waals surface area contributed by atoms with E-state index < -0.39 is 24.0 Å². The van der Waals surface area contributed by atoms with Crippen LogP contribution in [0.4, 0.5) is 13.2 Å². The van der Waals surface area contributed by atoms with Crippen LogP contribution >= 0.6 is 11.6 Å². The van der Waals surface area contributed by atoms with E-state index >= 15 is 0 Å². The molecule has 0 bridgehead atoms. The van der Waals surface area contributed by atoms with E-state index in [9.17, 15) is 18.0 Å². The van der Waals surface area contributed by atoms with Crippen LogP contribution in [-0.4, -0.2) is 18.3 Å². The Morgan fingerprint density at radius 2 is 2.12 bits per heavy atom. The van der Waals surface area contributed by atoms with Gasteiger partial charge in [0.2, 0.25) is 0 Å². The van der Waals surface area contributed by atoms with E-state index in [1.807, 2.05) is 0 Å². The molecule has 1 aromatic carbocycles. The van der Waals surface area contributed by atoms with E-state index in [4.69, 9.17) is 11.6 Å². The molecule has 0 radical (unpaired) electrons. The fourth-order valence-electron chi connectivity index (χ4n) is 1.16. The number of alkyl halides is 3. The summed E-state index contributed by atoms with van der Waals surface area (Å²) in [5, 5.41) is 0. The van der Waals surface area contributed by atoms with Gasteiger partial charge in [0.25, 0.3) is 0 Å². The third kappa shape index (κ3) is 3.13. The molecular formula is C10H8ClF3O2. The molecule has 0 atom stereocenters. The Bertz CT molecular complexity index is 382. The molecule has 16 heavy (non-hydrogen) atoms. The Balaban J connectivity index is 3.07. The first kappa shape index (κ1) is 12.8. The smallest absolute Gasteiger partial charge is 0.387 e. The highest BCUT2D eigenvalue weighted by Crippen LogP contribution is 2.25. The number of Topliss-reactive ketones (excluding diaryl/α,β-unsaturated/α-hetero) is 1. The van der Waals surface area contributed by atoms with Crippen molar-refractivity contribution in [2.75, 3.05) is 5.88 Å². The lowest BCUT2D eigenvalue weighted by atomic mass is 10.1. The molecule has 0 fully saturated rings. The van der Waals surface area contributed by atoms with Crippen molar-refractivity contribution in [2.45, 2.75) is 13.0 Å². The topological polar surface area (TPSA) is 26.3 Å². The van der Waals surface area contributed by atoms with Crippen molar-refractivity contribution in [3.63, 3.8) is 0 Å². The van der Waals surface area contributed by atoms with E-state index in [0.717, 1.165) is 6.07 Å². The number of carbonyl (C=O) groups excluding carboxylic acids is 1. The lowest BCUT2D eigenvalue weighted by Crippen LogP contribution is -2.10. The number of ether oxygens (including phenoxy) is 1. The first-order valence-corrected chi connectivity index (χ1v) is 4.92. The maximum Gasteiger partial charge on any atom is 0.387 e. The molecule has 0 heterocycles. The van der Waals surface area contributed by atoms with Gasteiger partial charge in [0, 0.05) is 12.3 Å². The minimum Gasteiger partial charge on any atom is -0.431 e. The number of rotatable bonds is 5. The number of hydrogen-bond acceptors (Lipinski definition) is 2. The van der Waals surface area contributed by atoms with Crippen LogP contribution in [0.25, 0.3) is 0 Å². The first-order chi connectivity index (χ1) is 7.56. The molecule has 2 nitrogen and oxygen atoms in total. The third-order valence-corrected chi connectivity index (χ3v) is 1.98. The Morgan fingerprint density at radius 3 is 2.69 bits per heavy atom. The highest BCUT2D eigenvalue weighted by atomic mass is 35.5. The average molecular weight is 253 g/mol. The molecule has 0 amide bonds. The molecule has 1 aromatic rings. The largest absolute Gasteiger partial charge is 0.431 e. The normalized spacial score (nSPS) is 10.6. The summed E-state index contributed by atoms with van der Waals surface area (Å²) in [5.41, 5.74) is -0.221. The predicted octanol–water partition coefficient (Wildman–Crippen LogP) is 3.24. The van der Waals surface area contributed by atoms with Crippen molar-refractivity contribution >= 4 is 17.4 Å². The van der Waals surface area contributed by atoms with Gasteiger partial charge in [-0.25, -0.2) is 4.39 Å². The van der Waals surface area contributed by atoms with E-state index in [0.29, 0.717) is 0 Å². The van der Waals surface area contributed by atoms with Crippen LogP contribution in [0.2, 0.25) is 0 Å². The highest BCUT2D eigenvalue weighted by molar-refractivity contribution is 6.19. The van der Waals surface area contributed by atoms with Crippen LogP contribution in [-0.2, 0) is 0 Å². The van der Waals surface area contributed by atoms with Crippen LogP contribution < -0.4 is 4.74 Å². The zero-order valence-corrected chi connectivity index (χ0v) is 8.81. The summed E-state index contributed by atoms with van der Waals surface area (Å²) in [7, 11) is 0. The fourth-order valence-corrected chi connectivity index (χ4v) is 1.33. The second kappa shape index (κ2) is 5.75. The van der Waals surface area contributed by atoms with Crippen molar-refractivity contribution in [3.8, 4) is 5.75 Å². The van der Waals surface area contributed by atoms with Crippen molar-refractivity contribution in [1.82, 2.24) is 0 Å². The third-order valence-electron chi connectivity index (χ3n) is 1.80. The SMILES string of the molecule is O=C(CCCl)c1cccc(F)c1OC(F)F. The van der Waals surface area contributed by atoms with Gasteiger partial charge in [-0.05, 0) is 12.1 Å². The number of benzene rings is 1. The summed E-state index contributed by atoms with van der Waals surface area (Å²) in [5.74, 6) is -2.23. The van der Waals surface area contributed by atoms with Gasteiger partial charge in [-0.2, -0.15) is 8.78 Å². The monoisotopic (exact) mass is 252 g/mol. The van der Waals surface area contributed by atoms with Crippen LogP contribution in [0.3, 0.4) is 0 Å². The molecule has 0 saturated heterocycles. The first-order valence-electron chi connectivity index (χ1n) is 4.38. The molecule has 0 aliphatic rings. The lowest BCUT2D eigenvalue weighted by Gasteiger charge is -2.10. The van der Waals surface area contributed by atoms with Gasteiger partial charge in [0.1, 0.15) is 0 Å². The number of hydrogen-bond donors (Lipinski definition) is 0. The molecule has 0 aliphatic carbocycles. The Morgan fingerprint density at radius 1 is 1.44 bits per heavy atom. The van der Waals surface area contributed by atoms with Gasteiger partial charge in [-0.1, -0.05) is 6.07 Å². The summed E-state index contributed by atoms with van der Waals surface area (Å²) in [4.78, 5) is 11.4. The second-order valence-electron chi connectivity index (χ2n) is 2.86. The fraction of sp³-hybridized carbons (Fsp3) is 0.300. The van der Waals surface area contributed by atoms with Crippen molar-refractivity contribution < 1.29 is 22.7 Å². The van der Waals surface area contributed by atoms with Crippen LogP contribution in [0.1, 0.15) is 16.8 Å². The zero-order valence-electron chi connectivity index (χ0n) is 8.05. The molecule has 0 unspecified atom stereocenters. The summed E-state index contributed by atoms with van der Waals surface area (Å²) < 4.78 is 41.1. The van der Waals surface area contributed by atoms with Crippen LogP contribution in [0.15, 0.2) is 18.2 Å². The minimum absolute atomic E-state index is 0.0312. The van der Waals surface area contributed by atoms with Crippen LogP contribution in [0.5, 0.6) is 5.75 Å². The molecule has 0 aliphatic heterocycles. The molecule has 0 saturated carbocycles. The number of halogens is 4. The summed E-state index contributed by atoms with van der Waals surface area (Å²) in [6.07, 6.45) is -0.0649. The maximum atomic E-state index is 13.2. The second-order valence-corrected chi connectivity index (χ2v) is 3.24. The summed E-state index contributed by atoms with van der Waals surface area (Å²) in [6, 6.07) is 3.40. The number of carbonyl (C=O) groups is 1. The van der Waals surface area contributed by atoms with E-state index in [1.165, 1.54) is 12.1 Å². The quantitative estimate of drug-likeness (QED) is 0.594. The van der Waals surface area contributed by atoms with Crippen molar-refractivity contribution in [2.24, 2.45) is 0 Å². The summed E-state index contributed by atoms with van der Waals surface area (Å²) >= 11 is 5.34. The van der Waals surface area contributed by atoms with Gasteiger partial charge in [-0.3, -0.25) is 4.79 Å². The number of para-hydroxylation sites is 1. The van der Waals surface area contributed by atoms with Crippen molar-refractivity contribution in [3.05, 3.63) is 29.6 Å². The highest BCUT2D eigenvalue weighted by Gasteiger charge is 2.18.